The van der Waals surface area contributed by atoms with Crippen LogP contribution in [0.3, 0.4) is 0 Å². The van der Waals surface area contributed by atoms with Crippen LogP contribution in [0.1, 0.15) is 16.1 Å². The molecule has 0 fully saturated rings. The van der Waals surface area contributed by atoms with E-state index in [-0.39, 0.29) is 17.1 Å². The molecule has 0 bridgehead atoms. The average Bonchev–Trinajstić information content (AvgIpc) is 2.70. The second-order valence-corrected chi connectivity index (χ2v) is 3.80. The molecule has 0 amide bonds. The number of hydrogen-bond donors (Lipinski definition) is 1. The van der Waals surface area contributed by atoms with Crippen LogP contribution < -0.4 is 0 Å². The predicted molar refractivity (Wildman–Crippen MR) is 61.9 cm³/mol. The lowest BCUT2D eigenvalue weighted by atomic mass is 10.2. The fraction of sp³-hybridized carbons (Fsp3) is 0.0909. The SMILES string of the molecule is Cc1cn(-c2cc(F)ccc2[N+](=O)[O-])nc1C(=O)O. The molecule has 2 rings (SSSR count). The van der Waals surface area contributed by atoms with E-state index in [0.29, 0.717) is 5.56 Å². The number of benzene rings is 1. The van der Waals surface area contributed by atoms with Gasteiger partial charge in [0.25, 0.3) is 5.69 Å². The quantitative estimate of drug-likeness (QED) is 0.675. The van der Waals surface area contributed by atoms with E-state index in [1.54, 1.807) is 0 Å². The van der Waals surface area contributed by atoms with Gasteiger partial charge in [0.05, 0.1) is 4.92 Å². The molecule has 1 N–H and O–H groups in total. The van der Waals surface area contributed by atoms with Crippen molar-refractivity contribution in [3.63, 3.8) is 0 Å². The second-order valence-electron chi connectivity index (χ2n) is 3.80. The number of aryl methyl sites for hydroxylation is 1. The number of nitro benzene ring substituents is 1. The average molecular weight is 265 g/mol. The molecule has 0 aliphatic heterocycles. The Balaban J connectivity index is 2.64. The van der Waals surface area contributed by atoms with Crippen molar-refractivity contribution in [1.29, 1.82) is 0 Å². The Labute approximate surface area is 106 Å². The van der Waals surface area contributed by atoms with Gasteiger partial charge in [-0.2, -0.15) is 5.10 Å². The van der Waals surface area contributed by atoms with Crippen LogP contribution in [0.15, 0.2) is 24.4 Å². The first-order chi connectivity index (χ1) is 8.90. The molecule has 1 aromatic heterocycles. The maximum atomic E-state index is 13.2. The molecule has 19 heavy (non-hydrogen) atoms. The first kappa shape index (κ1) is 12.7. The van der Waals surface area contributed by atoms with Crippen molar-refractivity contribution in [2.24, 2.45) is 0 Å². The fourth-order valence-corrected chi connectivity index (χ4v) is 1.63. The number of carboxylic acids is 1. The highest BCUT2D eigenvalue weighted by Crippen LogP contribution is 2.24. The van der Waals surface area contributed by atoms with Crippen molar-refractivity contribution in [2.45, 2.75) is 6.92 Å². The highest BCUT2D eigenvalue weighted by atomic mass is 19.1. The summed E-state index contributed by atoms with van der Waals surface area (Å²) in [6, 6.07) is 2.88. The van der Waals surface area contributed by atoms with E-state index in [2.05, 4.69) is 5.10 Å². The molecule has 1 aromatic carbocycles. The maximum Gasteiger partial charge on any atom is 0.356 e. The molecule has 2 aromatic rings. The summed E-state index contributed by atoms with van der Waals surface area (Å²) in [6.45, 7) is 1.50. The first-order valence-corrected chi connectivity index (χ1v) is 5.14. The third-order valence-corrected chi connectivity index (χ3v) is 2.48. The van der Waals surface area contributed by atoms with Crippen LogP contribution in [0.25, 0.3) is 5.69 Å². The van der Waals surface area contributed by atoms with Crippen LogP contribution >= 0.6 is 0 Å². The van der Waals surface area contributed by atoms with Crippen LogP contribution in [-0.4, -0.2) is 25.8 Å². The molecule has 0 aliphatic carbocycles. The van der Waals surface area contributed by atoms with Crippen LogP contribution in [-0.2, 0) is 0 Å². The van der Waals surface area contributed by atoms with Gasteiger partial charge in [0.1, 0.15) is 11.5 Å². The van der Waals surface area contributed by atoms with Gasteiger partial charge in [-0.05, 0) is 13.0 Å². The number of aromatic carboxylic acids is 1. The summed E-state index contributed by atoms with van der Waals surface area (Å²) in [5.41, 5.74) is -0.397. The molecule has 0 aliphatic rings. The zero-order chi connectivity index (χ0) is 14.2. The van der Waals surface area contributed by atoms with Crippen molar-refractivity contribution < 1.29 is 19.2 Å². The van der Waals surface area contributed by atoms with Crippen molar-refractivity contribution in [2.75, 3.05) is 0 Å². The largest absolute Gasteiger partial charge is 0.476 e. The Kier molecular flexibility index (Phi) is 2.99. The maximum absolute atomic E-state index is 13.2. The van der Waals surface area contributed by atoms with E-state index in [1.807, 2.05) is 0 Å². The van der Waals surface area contributed by atoms with Crippen molar-refractivity contribution in [3.05, 3.63) is 51.6 Å². The zero-order valence-electron chi connectivity index (χ0n) is 9.70. The predicted octanol–water partition coefficient (Wildman–Crippen LogP) is 1.93. The van der Waals surface area contributed by atoms with Crippen LogP contribution in [0, 0.1) is 22.9 Å². The monoisotopic (exact) mass is 265 g/mol. The number of rotatable bonds is 3. The van der Waals surface area contributed by atoms with Gasteiger partial charge in [-0.25, -0.2) is 13.9 Å². The first-order valence-electron chi connectivity index (χ1n) is 5.14. The van der Waals surface area contributed by atoms with Gasteiger partial charge in [-0.1, -0.05) is 0 Å². The smallest absolute Gasteiger partial charge is 0.356 e. The molecule has 98 valence electrons. The summed E-state index contributed by atoms with van der Waals surface area (Å²) < 4.78 is 14.2. The van der Waals surface area contributed by atoms with Gasteiger partial charge in [-0.3, -0.25) is 10.1 Å². The van der Waals surface area contributed by atoms with Gasteiger partial charge in [-0.15, -0.1) is 0 Å². The summed E-state index contributed by atoms with van der Waals surface area (Å²) in [4.78, 5) is 21.0. The van der Waals surface area contributed by atoms with Crippen molar-refractivity contribution >= 4 is 11.7 Å². The number of carbonyl (C=O) groups is 1. The number of nitrogens with zero attached hydrogens (tertiary/aromatic N) is 3. The number of halogens is 1. The Morgan fingerprint density at radius 2 is 2.21 bits per heavy atom. The normalized spacial score (nSPS) is 10.4. The third-order valence-electron chi connectivity index (χ3n) is 2.48. The summed E-state index contributed by atoms with van der Waals surface area (Å²) in [7, 11) is 0. The van der Waals surface area contributed by atoms with Gasteiger partial charge >= 0.3 is 5.97 Å². The summed E-state index contributed by atoms with van der Waals surface area (Å²) in [5, 5.41) is 23.4. The van der Waals surface area contributed by atoms with Gasteiger partial charge < -0.3 is 5.11 Å². The van der Waals surface area contributed by atoms with Crippen molar-refractivity contribution in [1.82, 2.24) is 9.78 Å². The highest BCUT2D eigenvalue weighted by Gasteiger charge is 2.20. The van der Waals surface area contributed by atoms with Crippen LogP contribution in [0.4, 0.5) is 10.1 Å². The van der Waals surface area contributed by atoms with E-state index < -0.39 is 16.7 Å². The van der Waals surface area contributed by atoms with E-state index in [0.717, 1.165) is 22.9 Å². The van der Waals surface area contributed by atoms with E-state index in [4.69, 9.17) is 5.11 Å². The number of carboxylic acid groups (broad SMARTS) is 1. The Bertz CT molecular complexity index is 681. The Morgan fingerprint density at radius 3 is 2.74 bits per heavy atom. The fourth-order valence-electron chi connectivity index (χ4n) is 1.63. The molecule has 1 heterocycles. The van der Waals surface area contributed by atoms with Crippen LogP contribution in [0.5, 0.6) is 0 Å². The molecule has 0 saturated carbocycles. The minimum atomic E-state index is -1.25. The van der Waals surface area contributed by atoms with E-state index in [9.17, 15) is 19.3 Å². The summed E-state index contributed by atoms with van der Waals surface area (Å²) in [5.74, 6) is -1.93. The second kappa shape index (κ2) is 4.48. The van der Waals surface area contributed by atoms with E-state index >= 15 is 0 Å². The number of aromatic nitrogens is 2. The molecule has 0 atom stereocenters. The van der Waals surface area contributed by atoms with Crippen molar-refractivity contribution in [3.8, 4) is 5.69 Å². The Hall–Kier alpha value is -2.77. The molecule has 0 unspecified atom stereocenters. The Morgan fingerprint density at radius 1 is 1.53 bits per heavy atom. The topological polar surface area (TPSA) is 98.3 Å². The van der Waals surface area contributed by atoms with Crippen LogP contribution in [0.2, 0.25) is 0 Å². The minimum absolute atomic E-state index is 0.124. The third kappa shape index (κ3) is 2.28. The molecule has 7 nitrogen and oxygen atoms in total. The molecule has 8 heteroatoms. The molecule has 0 radical (unpaired) electrons. The van der Waals surface area contributed by atoms with Gasteiger partial charge in [0.2, 0.25) is 0 Å². The van der Waals surface area contributed by atoms with E-state index in [1.165, 1.54) is 13.1 Å². The lowest BCUT2D eigenvalue weighted by Crippen LogP contribution is -2.04. The minimum Gasteiger partial charge on any atom is -0.476 e. The van der Waals surface area contributed by atoms with Gasteiger partial charge in [0.15, 0.2) is 5.69 Å². The lowest BCUT2D eigenvalue weighted by Gasteiger charge is -2.02. The standard InChI is InChI=1S/C11H8FN3O4/c1-6-5-14(13-10(6)11(16)17)9-4-7(12)2-3-8(9)15(18)19/h2-5H,1H3,(H,16,17). The summed E-state index contributed by atoms with van der Waals surface area (Å²) >= 11 is 0. The highest BCUT2D eigenvalue weighted by molar-refractivity contribution is 5.87. The summed E-state index contributed by atoms with van der Waals surface area (Å²) in [6.07, 6.45) is 1.30. The number of nitro groups is 1. The molecular weight excluding hydrogens is 257 g/mol. The molecular formula is C11H8FN3O4. The zero-order valence-corrected chi connectivity index (χ0v) is 9.70. The van der Waals surface area contributed by atoms with Gasteiger partial charge in [0, 0.05) is 23.9 Å². The molecule has 0 saturated heterocycles. The number of hydrogen-bond acceptors (Lipinski definition) is 4. The molecule has 0 spiro atoms. The lowest BCUT2D eigenvalue weighted by molar-refractivity contribution is -0.384.